The van der Waals surface area contributed by atoms with E-state index in [1.807, 2.05) is 0 Å². The number of hydrogen-bond donors (Lipinski definition) is 2. The van der Waals surface area contributed by atoms with Crippen molar-refractivity contribution in [3.8, 4) is 0 Å². The number of rotatable bonds is 4. The molecule has 2 aliphatic rings. The molecule has 96 valence electrons. The first kappa shape index (κ1) is 11.4. The third-order valence-electron chi connectivity index (χ3n) is 3.57. The highest BCUT2D eigenvalue weighted by atomic mass is 16.4. The smallest absolute Gasteiger partial charge is 0.339 e. The van der Waals surface area contributed by atoms with Gasteiger partial charge in [0.1, 0.15) is 5.56 Å². The minimum absolute atomic E-state index is 0.190. The lowest BCUT2D eigenvalue weighted by Gasteiger charge is -2.16. The van der Waals surface area contributed by atoms with E-state index in [4.69, 9.17) is 5.11 Å². The van der Waals surface area contributed by atoms with Gasteiger partial charge in [-0.2, -0.15) is 5.10 Å². The summed E-state index contributed by atoms with van der Waals surface area (Å²) < 4.78 is 0. The van der Waals surface area contributed by atoms with E-state index in [2.05, 4.69) is 20.4 Å². The lowest BCUT2D eigenvalue weighted by Crippen LogP contribution is -2.28. The molecule has 6 heteroatoms. The molecule has 0 bridgehead atoms. The zero-order valence-corrected chi connectivity index (χ0v) is 10.0. The summed E-state index contributed by atoms with van der Waals surface area (Å²) in [6.45, 7) is 2.06. The van der Waals surface area contributed by atoms with Gasteiger partial charge in [-0.05, 0) is 25.3 Å². The predicted octanol–water partition coefficient (Wildman–Crippen LogP) is 0.823. The van der Waals surface area contributed by atoms with Crippen LogP contribution >= 0.6 is 0 Å². The summed E-state index contributed by atoms with van der Waals surface area (Å²) in [5, 5.41) is 19.9. The Morgan fingerprint density at radius 3 is 3.00 bits per heavy atom. The van der Waals surface area contributed by atoms with Gasteiger partial charge in [0.2, 0.25) is 0 Å². The number of carbonyl (C=O) groups is 1. The Bertz CT molecular complexity index is 461. The van der Waals surface area contributed by atoms with Gasteiger partial charge < -0.3 is 10.4 Å². The molecule has 0 amide bonds. The summed E-state index contributed by atoms with van der Waals surface area (Å²) in [6, 6.07) is 2.52. The summed E-state index contributed by atoms with van der Waals surface area (Å²) in [5.41, 5.74) is 0.190. The van der Waals surface area contributed by atoms with Crippen LogP contribution in [0.1, 0.15) is 29.6 Å². The van der Waals surface area contributed by atoms with E-state index in [1.165, 1.54) is 25.1 Å². The van der Waals surface area contributed by atoms with Crippen molar-refractivity contribution >= 4 is 11.8 Å². The van der Waals surface area contributed by atoms with Gasteiger partial charge in [-0.1, -0.05) is 0 Å². The summed E-state index contributed by atoms with van der Waals surface area (Å²) >= 11 is 0. The fraction of sp³-hybridized carbons (Fsp3) is 0.583. The maximum absolute atomic E-state index is 11.1. The molecule has 2 fully saturated rings. The second kappa shape index (κ2) is 4.53. The number of carboxylic acids is 1. The number of likely N-dealkylation sites (tertiary alicyclic amines) is 1. The average molecular weight is 248 g/mol. The molecule has 6 nitrogen and oxygen atoms in total. The summed E-state index contributed by atoms with van der Waals surface area (Å²) in [7, 11) is 0. The number of aromatic carboxylic acids is 1. The molecule has 2 heterocycles. The van der Waals surface area contributed by atoms with Gasteiger partial charge >= 0.3 is 5.97 Å². The Labute approximate surface area is 105 Å². The quantitative estimate of drug-likeness (QED) is 0.821. The minimum atomic E-state index is -0.968. The maximum Gasteiger partial charge on any atom is 0.339 e. The molecule has 1 saturated carbocycles. The van der Waals surface area contributed by atoms with Crippen LogP contribution < -0.4 is 5.32 Å². The molecular weight excluding hydrogens is 232 g/mol. The van der Waals surface area contributed by atoms with Crippen LogP contribution in [0.25, 0.3) is 0 Å². The van der Waals surface area contributed by atoms with Crippen LogP contribution in [0.2, 0.25) is 0 Å². The van der Waals surface area contributed by atoms with Crippen LogP contribution in [0.15, 0.2) is 12.3 Å². The molecule has 0 spiro atoms. The van der Waals surface area contributed by atoms with Gasteiger partial charge in [0.05, 0.1) is 6.20 Å². The third kappa shape index (κ3) is 2.28. The molecule has 1 saturated heterocycles. The second-order valence-electron chi connectivity index (χ2n) is 4.95. The molecular formula is C12H16N4O2. The molecule has 18 heavy (non-hydrogen) atoms. The van der Waals surface area contributed by atoms with E-state index < -0.39 is 5.97 Å². The van der Waals surface area contributed by atoms with Crippen molar-refractivity contribution in [2.45, 2.75) is 31.3 Å². The van der Waals surface area contributed by atoms with E-state index >= 15 is 0 Å². The first-order valence-electron chi connectivity index (χ1n) is 6.29. The van der Waals surface area contributed by atoms with E-state index in [-0.39, 0.29) is 11.6 Å². The Kier molecular flexibility index (Phi) is 2.87. The number of hydrogen-bond acceptors (Lipinski definition) is 5. The minimum Gasteiger partial charge on any atom is -0.478 e. The van der Waals surface area contributed by atoms with Crippen molar-refractivity contribution in [1.82, 2.24) is 15.1 Å². The van der Waals surface area contributed by atoms with Gasteiger partial charge in [-0.3, -0.25) is 4.90 Å². The summed E-state index contributed by atoms with van der Waals surface area (Å²) in [4.78, 5) is 13.5. The lowest BCUT2D eigenvalue weighted by molar-refractivity contribution is 0.0697. The first-order chi connectivity index (χ1) is 8.74. The number of nitrogens with zero attached hydrogens (tertiary/aromatic N) is 3. The van der Waals surface area contributed by atoms with Crippen molar-refractivity contribution in [2.24, 2.45) is 0 Å². The van der Waals surface area contributed by atoms with Gasteiger partial charge in [0, 0.05) is 25.2 Å². The monoisotopic (exact) mass is 248 g/mol. The third-order valence-corrected chi connectivity index (χ3v) is 3.57. The Morgan fingerprint density at radius 1 is 1.44 bits per heavy atom. The molecule has 1 unspecified atom stereocenters. The highest BCUT2D eigenvalue weighted by molar-refractivity contribution is 5.92. The Hall–Kier alpha value is -1.69. The van der Waals surface area contributed by atoms with Crippen LogP contribution in [0, 0.1) is 0 Å². The van der Waals surface area contributed by atoms with E-state index in [0.29, 0.717) is 5.82 Å². The second-order valence-corrected chi connectivity index (χ2v) is 4.95. The molecule has 2 N–H and O–H groups in total. The lowest BCUT2D eigenvalue weighted by atomic mass is 10.2. The normalized spacial score (nSPS) is 24.1. The van der Waals surface area contributed by atoms with Gasteiger partial charge in [0.25, 0.3) is 0 Å². The number of carboxylic acid groups (broad SMARTS) is 1. The molecule has 1 aliphatic carbocycles. The van der Waals surface area contributed by atoms with E-state index in [9.17, 15) is 4.79 Å². The molecule has 1 aromatic heterocycles. The number of nitrogens with one attached hydrogen (secondary N) is 1. The Balaban J connectivity index is 1.67. The molecule has 3 rings (SSSR count). The van der Waals surface area contributed by atoms with Crippen molar-refractivity contribution in [3.05, 3.63) is 17.8 Å². The predicted molar refractivity (Wildman–Crippen MR) is 65.6 cm³/mol. The highest BCUT2D eigenvalue weighted by Crippen LogP contribution is 2.30. The zero-order chi connectivity index (χ0) is 12.5. The molecule has 0 radical (unpaired) electrons. The largest absolute Gasteiger partial charge is 0.478 e. The van der Waals surface area contributed by atoms with E-state index in [0.717, 1.165) is 25.6 Å². The van der Waals surface area contributed by atoms with Crippen molar-refractivity contribution in [1.29, 1.82) is 0 Å². The molecule has 1 aliphatic heterocycles. The van der Waals surface area contributed by atoms with Crippen LogP contribution in [0.5, 0.6) is 0 Å². The summed E-state index contributed by atoms with van der Waals surface area (Å²) in [5.74, 6) is -0.586. The fourth-order valence-corrected chi connectivity index (χ4v) is 2.48. The standard InChI is InChI=1S/C12H16N4O2/c17-12(18)10-3-5-13-15-11(10)14-8-4-6-16(7-8)9-1-2-9/h3,5,8-9H,1-2,4,6-7H2,(H,14,15)(H,17,18). The number of aromatic nitrogens is 2. The zero-order valence-electron chi connectivity index (χ0n) is 10.0. The number of anilines is 1. The van der Waals surface area contributed by atoms with Crippen molar-refractivity contribution in [3.63, 3.8) is 0 Å². The molecule has 0 aromatic carbocycles. The Morgan fingerprint density at radius 2 is 2.28 bits per heavy atom. The molecule has 1 atom stereocenters. The van der Waals surface area contributed by atoms with E-state index in [1.54, 1.807) is 0 Å². The van der Waals surface area contributed by atoms with Crippen LogP contribution in [0.3, 0.4) is 0 Å². The van der Waals surface area contributed by atoms with Gasteiger partial charge in [-0.15, -0.1) is 5.10 Å². The molecule has 1 aromatic rings. The van der Waals surface area contributed by atoms with Crippen LogP contribution in [-0.4, -0.2) is 51.3 Å². The maximum atomic E-state index is 11.1. The van der Waals surface area contributed by atoms with Crippen molar-refractivity contribution < 1.29 is 9.90 Å². The van der Waals surface area contributed by atoms with Crippen molar-refractivity contribution in [2.75, 3.05) is 18.4 Å². The van der Waals surface area contributed by atoms with Crippen LogP contribution in [0.4, 0.5) is 5.82 Å². The van der Waals surface area contributed by atoms with Crippen LogP contribution in [-0.2, 0) is 0 Å². The topological polar surface area (TPSA) is 78.3 Å². The fourth-order valence-electron chi connectivity index (χ4n) is 2.48. The van der Waals surface area contributed by atoms with Gasteiger partial charge in [-0.25, -0.2) is 4.79 Å². The highest BCUT2D eigenvalue weighted by Gasteiger charge is 2.34. The summed E-state index contributed by atoms with van der Waals surface area (Å²) in [6.07, 6.45) is 5.04. The SMILES string of the molecule is O=C(O)c1ccnnc1NC1CCN(C2CC2)C1. The van der Waals surface area contributed by atoms with Gasteiger partial charge in [0.15, 0.2) is 5.82 Å². The first-order valence-corrected chi connectivity index (χ1v) is 6.29. The average Bonchev–Trinajstić information content (AvgIpc) is 3.11.